The number of ether oxygens (including phenoxy) is 1. The molecule has 0 bridgehead atoms. The van der Waals surface area contributed by atoms with Gasteiger partial charge in [-0.3, -0.25) is 24.6 Å². The van der Waals surface area contributed by atoms with Crippen molar-refractivity contribution >= 4 is 23.4 Å². The van der Waals surface area contributed by atoms with Crippen molar-refractivity contribution in [1.82, 2.24) is 15.1 Å². The number of carbonyl (C=O) groups is 3. The van der Waals surface area contributed by atoms with Crippen LogP contribution in [-0.2, 0) is 33.9 Å². The lowest BCUT2D eigenvalue weighted by Gasteiger charge is -2.29. The lowest BCUT2D eigenvalue weighted by atomic mass is 10.0. The van der Waals surface area contributed by atoms with Crippen LogP contribution in [0, 0.1) is 5.82 Å². The van der Waals surface area contributed by atoms with E-state index in [2.05, 4.69) is 10.6 Å². The zero-order valence-electron chi connectivity index (χ0n) is 20.6. The maximum absolute atomic E-state index is 14.7. The van der Waals surface area contributed by atoms with Crippen molar-refractivity contribution in [3.63, 3.8) is 0 Å². The molecule has 2 fully saturated rings. The van der Waals surface area contributed by atoms with E-state index < -0.39 is 24.3 Å². The maximum Gasteiger partial charge on any atom is 0.255 e. The molecule has 1 atom stereocenters. The zero-order chi connectivity index (χ0) is 25.4. The summed E-state index contributed by atoms with van der Waals surface area (Å²) in [5.74, 6) is -1.56. The van der Waals surface area contributed by atoms with Gasteiger partial charge in [0, 0.05) is 64.2 Å². The summed E-state index contributed by atoms with van der Waals surface area (Å²) in [5.41, 5.74) is 2.46. The first-order valence-corrected chi connectivity index (χ1v) is 11.4. The number of hydrogen-bond donors (Lipinski definition) is 2. The Morgan fingerprint density at radius 2 is 2.00 bits per heavy atom. The Bertz CT molecular complexity index is 1220. The predicted molar refractivity (Wildman–Crippen MR) is 122 cm³/mol. The van der Waals surface area contributed by atoms with Gasteiger partial charge in [-0.25, -0.2) is 4.39 Å². The molecule has 8 nitrogen and oxygen atoms in total. The number of nitrogens with one attached hydrogen (secondary N) is 2. The van der Waals surface area contributed by atoms with Crippen LogP contribution < -0.4 is 10.6 Å². The average molecular weight is 469 g/mol. The van der Waals surface area contributed by atoms with Gasteiger partial charge in [-0.15, -0.1) is 0 Å². The normalized spacial score (nSPS) is 22.2. The Morgan fingerprint density at radius 1 is 1.18 bits per heavy atom. The second-order valence-electron chi connectivity index (χ2n) is 8.60. The molecule has 3 heterocycles. The van der Waals surface area contributed by atoms with E-state index in [-0.39, 0.29) is 37.7 Å². The van der Waals surface area contributed by atoms with Crippen LogP contribution in [-0.4, -0.2) is 59.9 Å². The van der Waals surface area contributed by atoms with Crippen molar-refractivity contribution in [3.05, 3.63) is 64.5 Å². The SMILES string of the molecule is [2H]C([2H])(c1ccc(F)c(CNc2cccc3c2CN(C2CCC(=O)NC2=O)C3=O)c1)N1CCOCC1. The van der Waals surface area contributed by atoms with Crippen molar-refractivity contribution in [2.75, 3.05) is 31.6 Å². The third-order valence-corrected chi connectivity index (χ3v) is 6.40. The number of halogens is 1. The minimum atomic E-state index is -1.77. The van der Waals surface area contributed by atoms with Crippen LogP contribution in [0.2, 0.25) is 0 Å². The molecule has 3 aliphatic heterocycles. The molecule has 0 aromatic heterocycles. The summed E-state index contributed by atoms with van der Waals surface area (Å²) in [6, 6.07) is 8.74. The molecule has 3 aliphatic rings. The number of anilines is 1. The summed E-state index contributed by atoms with van der Waals surface area (Å²) in [6.45, 7) is 0.311. The first-order valence-electron chi connectivity index (χ1n) is 12.4. The van der Waals surface area contributed by atoms with Crippen LogP contribution in [0.15, 0.2) is 36.4 Å². The van der Waals surface area contributed by atoms with E-state index in [0.29, 0.717) is 54.2 Å². The highest BCUT2D eigenvalue weighted by atomic mass is 19.1. The van der Waals surface area contributed by atoms with Crippen molar-refractivity contribution in [2.24, 2.45) is 0 Å². The first-order chi connectivity index (χ1) is 17.3. The number of hydrogen-bond acceptors (Lipinski definition) is 6. The molecule has 0 radical (unpaired) electrons. The highest BCUT2D eigenvalue weighted by molar-refractivity contribution is 6.06. The standard InChI is InChI=1S/C25H27FN4O4/c26-20-5-4-16(14-29-8-10-34-11-9-29)12-17(20)13-27-21-3-1-2-18-19(21)15-30(25(18)33)22-6-7-23(31)28-24(22)32/h1-5,12,22,27H,6-11,13-15H2,(H,28,31,32)/i14D2. The number of morpholine rings is 1. The second-order valence-corrected chi connectivity index (χ2v) is 8.60. The summed E-state index contributed by atoms with van der Waals surface area (Å²) >= 11 is 0. The molecule has 9 heteroatoms. The minimum absolute atomic E-state index is 0.0852. The van der Waals surface area contributed by atoms with Gasteiger partial charge in [0.05, 0.1) is 13.2 Å². The average Bonchev–Trinajstić information content (AvgIpc) is 3.20. The molecule has 34 heavy (non-hydrogen) atoms. The van der Waals surface area contributed by atoms with Gasteiger partial charge >= 0.3 is 0 Å². The van der Waals surface area contributed by atoms with E-state index >= 15 is 0 Å². The number of nitrogens with zero attached hydrogens (tertiary/aromatic N) is 2. The number of piperidine rings is 1. The summed E-state index contributed by atoms with van der Waals surface area (Å²) in [6.07, 6.45) is 0.450. The summed E-state index contributed by atoms with van der Waals surface area (Å²) in [5, 5.41) is 5.49. The van der Waals surface area contributed by atoms with Crippen molar-refractivity contribution in [1.29, 1.82) is 0 Å². The van der Waals surface area contributed by atoms with Crippen LogP contribution in [0.1, 0.15) is 42.6 Å². The van der Waals surface area contributed by atoms with Gasteiger partial charge in [-0.2, -0.15) is 0 Å². The van der Waals surface area contributed by atoms with E-state index in [1.165, 1.54) is 23.1 Å². The van der Waals surface area contributed by atoms with Gasteiger partial charge < -0.3 is 15.0 Å². The lowest BCUT2D eigenvalue weighted by Crippen LogP contribution is -2.52. The highest BCUT2D eigenvalue weighted by Gasteiger charge is 2.39. The molecule has 2 N–H and O–H groups in total. The van der Waals surface area contributed by atoms with E-state index in [9.17, 15) is 18.8 Å². The van der Waals surface area contributed by atoms with Crippen LogP contribution in [0.5, 0.6) is 0 Å². The highest BCUT2D eigenvalue weighted by Crippen LogP contribution is 2.32. The third kappa shape index (κ3) is 4.53. The van der Waals surface area contributed by atoms with Crippen molar-refractivity contribution in [2.45, 2.75) is 38.5 Å². The number of rotatable bonds is 6. The predicted octanol–water partition coefficient (Wildman–Crippen LogP) is 2.03. The fourth-order valence-corrected chi connectivity index (χ4v) is 4.58. The Kier molecular flexibility index (Phi) is 5.63. The van der Waals surface area contributed by atoms with E-state index in [0.717, 1.165) is 0 Å². The molecule has 0 saturated carbocycles. The molecule has 1 unspecified atom stereocenters. The molecule has 178 valence electrons. The second kappa shape index (κ2) is 9.52. The molecule has 5 rings (SSSR count). The molecule has 3 amide bonds. The largest absolute Gasteiger partial charge is 0.381 e. The summed E-state index contributed by atoms with van der Waals surface area (Å²) in [4.78, 5) is 40.0. The topological polar surface area (TPSA) is 91.0 Å². The Hall–Kier alpha value is -3.30. The van der Waals surface area contributed by atoms with Crippen LogP contribution in [0.4, 0.5) is 10.1 Å². The number of amides is 3. The Balaban J connectivity index is 1.33. The summed E-state index contributed by atoms with van der Waals surface area (Å²) in [7, 11) is 0. The quantitative estimate of drug-likeness (QED) is 0.631. The fourth-order valence-electron chi connectivity index (χ4n) is 4.58. The van der Waals surface area contributed by atoms with Crippen LogP contribution in [0.3, 0.4) is 0 Å². The molecule has 0 aliphatic carbocycles. The minimum Gasteiger partial charge on any atom is -0.381 e. The molecule has 0 spiro atoms. The lowest BCUT2D eigenvalue weighted by molar-refractivity contribution is -0.136. The van der Waals surface area contributed by atoms with E-state index in [1.54, 1.807) is 23.1 Å². The van der Waals surface area contributed by atoms with Crippen LogP contribution >= 0.6 is 0 Å². The van der Waals surface area contributed by atoms with E-state index in [4.69, 9.17) is 7.48 Å². The molecular weight excluding hydrogens is 439 g/mol. The first kappa shape index (κ1) is 20.1. The maximum atomic E-state index is 14.7. The van der Waals surface area contributed by atoms with Gasteiger partial charge in [0.1, 0.15) is 11.9 Å². The van der Waals surface area contributed by atoms with Gasteiger partial charge in [-0.1, -0.05) is 12.1 Å². The van der Waals surface area contributed by atoms with Gasteiger partial charge in [-0.05, 0) is 36.2 Å². The number of fused-ring (bicyclic) bond motifs is 1. The van der Waals surface area contributed by atoms with Gasteiger partial charge in [0.25, 0.3) is 5.91 Å². The number of benzene rings is 2. The molecule has 2 saturated heterocycles. The molecule has 2 aromatic rings. The van der Waals surface area contributed by atoms with Crippen molar-refractivity contribution < 1.29 is 26.3 Å². The monoisotopic (exact) mass is 468 g/mol. The number of imide groups is 1. The Morgan fingerprint density at radius 3 is 2.79 bits per heavy atom. The fraction of sp³-hybridized carbons (Fsp3) is 0.400. The molecular formula is C25H27FN4O4. The molecule has 2 aromatic carbocycles. The van der Waals surface area contributed by atoms with E-state index in [1.807, 2.05) is 0 Å². The zero-order valence-corrected chi connectivity index (χ0v) is 18.6. The van der Waals surface area contributed by atoms with Gasteiger partial charge in [0.15, 0.2) is 0 Å². The Labute approximate surface area is 199 Å². The smallest absolute Gasteiger partial charge is 0.255 e. The van der Waals surface area contributed by atoms with Crippen LogP contribution in [0.25, 0.3) is 0 Å². The third-order valence-electron chi connectivity index (χ3n) is 6.40. The number of carbonyl (C=O) groups excluding carboxylic acids is 3. The van der Waals surface area contributed by atoms with Crippen molar-refractivity contribution in [3.8, 4) is 0 Å². The van der Waals surface area contributed by atoms with Gasteiger partial charge in [0.2, 0.25) is 11.8 Å². The summed E-state index contributed by atoms with van der Waals surface area (Å²) < 4.78 is 37.2.